The van der Waals surface area contributed by atoms with Crippen LogP contribution in [0.1, 0.15) is 5.56 Å². The third kappa shape index (κ3) is 0.909. The molecule has 0 aliphatic carbocycles. The minimum atomic E-state index is -0.195. The van der Waals surface area contributed by atoms with E-state index < -0.39 is 0 Å². The Morgan fingerprint density at radius 3 is 3.00 bits per heavy atom. The molecular formula is C9H8FN. The van der Waals surface area contributed by atoms with Crippen LogP contribution in [-0.4, -0.2) is 4.98 Å². The Hall–Kier alpha value is -1.31. The van der Waals surface area contributed by atoms with Crippen molar-refractivity contribution < 1.29 is 4.39 Å². The fraction of sp³-hybridized carbons (Fsp3) is 0.111. The van der Waals surface area contributed by atoms with Gasteiger partial charge in [-0.05, 0) is 30.7 Å². The van der Waals surface area contributed by atoms with E-state index in [-0.39, 0.29) is 5.82 Å². The van der Waals surface area contributed by atoms with Gasteiger partial charge < -0.3 is 4.98 Å². The second kappa shape index (κ2) is 2.09. The van der Waals surface area contributed by atoms with E-state index >= 15 is 0 Å². The highest BCUT2D eigenvalue weighted by Crippen LogP contribution is 2.17. The number of halogens is 1. The average Bonchev–Trinajstić information content (AvgIpc) is 2.32. The van der Waals surface area contributed by atoms with Crippen molar-refractivity contribution in [2.75, 3.05) is 0 Å². The number of aryl methyl sites for hydroxylation is 1. The molecule has 1 aromatic carbocycles. The summed E-state index contributed by atoms with van der Waals surface area (Å²) in [6.07, 6.45) is 1.88. The van der Waals surface area contributed by atoms with Crippen LogP contribution < -0.4 is 0 Å². The number of rotatable bonds is 0. The molecule has 0 atom stereocenters. The SMILES string of the molecule is Cc1c[nH]c2cc(F)ccc12. The second-order valence-electron chi connectivity index (χ2n) is 2.66. The maximum Gasteiger partial charge on any atom is 0.125 e. The normalized spacial score (nSPS) is 10.7. The average molecular weight is 149 g/mol. The highest BCUT2D eigenvalue weighted by atomic mass is 19.1. The molecule has 1 nitrogen and oxygen atoms in total. The van der Waals surface area contributed by atoms with Gasteiger partial charge in [-0.3, -0.25) is 0 Å². The van der Waals surface area contributed by atoms with E-state index in [2.05, 4.69) is 4.98 Å². The summed E-state index contributed by atoms with van der Waals surface area (Å²) in [7, 11) is 0. The molecule has 0 fully saturated rings. The van der Waals surface area contributed by atoms with Gasteiger partial charge in [-0.25, -0.2) is 4.39 Å². The molecule has 0 amide bonds. The zero-order valence-electron chi connectivity index (χ0n) is 6.19. The Kier molecular flexibility index (Phi) is 1.22. The maximum atomic E-state index is 12.6. The highest BCUT2D eigenvalue weighted by Gasteiger charge is 1.98. The molecule has 2 heteroatoms. The van der Waals surface area contributed by atoms with Gasteiger partial charge in [0.15, 0.2) is 0 Å². The Bertz CT molecular complexity index is 389. The van der Waals surface area contributed by atoms with Crippen molar-refractivity contribution in [3.8, 4) is 0 Å². The van der Waals surface area contributed by atoms with Crippen LogP contribution in [-0.2, 0) is 0 Å². The van der Waals surface area contributed by atoms with Crippen LogP contribution in [0.4, 0.5) is 4.39 Å². The predicted molar refractivity (Wildman–Crippen MR) is 43.0 cm³/mol. The molecule has 1 aromatic heterocycles. The third-order valence-corrected chi connectivity index (χ3v) is 1.85. The Balaban J connectivity index is 2.86. The molecule has 1 N–H and O–H groups in total. The number of aromatic nitrogens is 1. The van der Waals surface area contributed by atoms with Gasteiger partial charge in [0.25, 0.3) is 0 Å². The van der Waals surface area contributed by atoms with Crippen molar-refractivity contribution in [1.29, 1.82) is 0 Å². The number of benzene rings is 1. The fourth-order valence-electron chi connectivity index (χ4n) is 1.24. The van der Waals surface area contributed by atoms with E-state index in [0.29, 0.717) is 0 Å². The molecule has 1 heterocycles. The van der Waals surface area contributed by atoms with Crippen molar-refractivity contribution >= 4 is 10.9 Å². The van der Waals surface area contributed by atoms with Gasteiger partial charge in [0, 0.05) is 17.1 Å². The topological polar surface area (TPSA) is 15.8 Å². The molecule has 0 aliphatic rings. The number of aromatic amines is 1. The summed E-state index contributed by atoms with van der Waals surface area (Å²) >= 11 is 0. The second-order valence-corrected chi connectivity index (χ2v) is 2.66. The van der Waals surface area contributed by atoms with Crippen LogP contribution in [0.5, 0.6) is 0 Å². The molecule has 2 aromatic rings. The van der Waals surface area contributed by atoms with E-state index in [4.69, 9.17) is 0 Å². The van der Waals surface area contributed by atoms with Crippen molar-refractivity contribution in [3.63, 3.8) is 0 Å². The van der Waals surface area contributed by atoms with Gasteiger partial charge in [0.2, 0.25) is 0 Å². The van der Waals surface area contributed by atoms with Gasteiger partial charge in [-0.2, -0.15) is 0 Å². The largest absolute Gasteiger partial charge is 0.361 e. The standard InChI is InChI=1S/C9H8FN/c1-6-5-11-9-4-7(10)2-3-8(6)9/h2-5,11H,1H3. The van der Waals surface area contributed by atoms with Crippen LogP contribution in [0.15, 0.2) is 24.4 Å². The third-order valence-electron chi connectivity index (χ3n) is 1.85. The molecule has 0 saturated carbocycles. The van der Waals surface area contributed by atoms with E-state index in [1.165, 1.54) is 12.1 Å². The maximum absolute atomic E-state index is 12.6. The van der Waals surface area contributed by atoms with Crippen molar-refractivity contribution in [2.24, 2.45) is 0 Å². The van der Waals surface area contributed by atoms with Gasteiger partial charge >= 0.3 is 0 Å². The zero-order valence-corrected chi connectivity index (χ0v) is 6.19. The molecule has 0 saturated heterocycles. The lowest BCUT2D eigenvalue weighted by molar-refractivity contribution is 0.629. The van der Waals surface area contributed by atoms with Crippen LogP contribution in [0.25, 0.3) is 10.9 Å². The molecule has 0 spiro atoms. The van der Waals surface area contributed by atoms with Gasteiger partial charge in [0.1, 0.15) is 5.82 Å². The minimum absolute atomic E-state index is 0.195. The van der Waals surface area contributed by atoms with Gasteiger partial charge in [-0.1, -0.05) is 0 Å². The number of H-pyrrole nitrogens is 1. The summed E-state index contributed by atoms with van der Waals surface area (Å²) in [6.45, 7) is 2.00. The molecule has 0 radical (unpaired) electrons. The first-order valence-corrected chi connectivity index (χ1v) is 3.50. The summed E-state index contributed by atoms with van der Waals surface area (Å²) in [4.78, 5) is 2.99. The minimum Gasteiger partial charge on any atom is -0.361 e. The summed E-state index contributed by atoms with van der Waals surface area (Å²) in [5, 5.41) is 1.09. The lowest BCUT2D eigenvalue weighted by atomic mass is 10.2. The molecule has 2 rings (SSSR count). The Labute approximate surface area is 63.9 Å². The summed E-state index contributed by atoms with van der Waals surface area (Å²) in [5.74, 6) is -0.195. The molecule has 11 heavy (non-hydrogen) atoms. The lowest BCUT2D eigenvalue weighted by Gasteiger charge is -1.90. The predicted octanol–water partition coefficient (Wildman–Crippen LogP) is 2.62. The van der Waals surface area contributed by atoms with Gasteiger partial charge in [0.05, 0.1) is 0 Å². The highest BCUT2D eigenvalue weighted by molar-refractivity contribution is 5.82. The molecule has 0 aliphatic heterocycles. The summed E-state index contributed by atoms with van der Waals surface area (Å²) in [6, 6.07) is 4.77. The van der Waals surface area contributed by atoms with Gasteiger partial charge in [-0.15, -0.1) is 0 Å². The fourth-order valence-corrected chi connectivity index (χ4v) is 1.24. The molecular weight excluding hydrogens is 141 g/mol. The number of hydrogen-bond acceptors (Lipinski definition) is 0. The van der Waals surface area contributed by atoms with E-state index in [9.17, 15) is 4.39 Å². The zero-order chi connectivity index (χ0) is 7.84. The van der Waals surface area contributed by atoms with E-state index in [1.54, 1.807) is 6.07 Å². The first-order valence-electron chi connectivity index (χ1n) is 3.50. The van der Waals surface area contributed by atoms with Crippen LogP contribution in [0, 0.1) is 12.7 Å². The monoisotopic (exact) mass is 149 g/mol. The van der Waals surface area contributed by atoms with Crippen molar-refractivity contribution in [3.05, 3.63) is 35.8 Å². The Morgan fingerprint density at radius 2 is 2.18 bits per heavy atom. The summed E-state index contributed by atoms with van der Waals surface area (Å²) in [5.41, 5.74) is 2.02. The summed E-state index contributed by atoms with van der Waals surface area (Å²) < 4.78 is 12.6. The van der Waals surface area contributed by atoms with Crippen LogP contribution in [0.3, 0.4) is 0 Å². The van der Waals surface area contributed by atoms with Crippen molar-refractivity contribution in [1.82, 2.24) is 4.98 Å². The molecule has 56 valence electrons. The lowest BCUT2D eigenvalue weighted by Crippen LogP contribution is -1.72. The van der Waals surface area contributed by atoms with Crippen LogP contribution >= 0.6 is 0 Å². The number of nitrogens with one attached hydrogen (secondary N) is 1. The smallest absolute Gasteiger partial charge is 0.125 e. The molecule has 0 bridgehead atoms. The number of fused-ring (bicyclic) bond motifs is 1. The van der Waals surface area contributed by atoms with Crippen molar-refractivity contribution in [2.45, 2.75) is 6.92 Å². The first kappa shape index (κ1) is 6.40. The number of hydrogen-bond donors (Lipinski definition) is 1. The Morgan fingerprint density at radius 1 is 1.36 bits per heavy atom. The van der Waals surface area contributed by atoms with E-state index in [0.717, 1.165) is 16.5 Å². The quantitative estimate of drug-likeness (QED) is 0.592. The van der Waals surface area contributed by atoms with E-state index in [1.807, 2.05) is 13.1 Å². The first-order chi connectivity index (χ1) is 5.27. The van der Waals surface area contributed by atoms with Crippen LogP contribution in [0.2, 0.25) is 0 Å². The molecule has 0 unspecified atom stereocenters.